The number of methoxy groups -OCH3 is 1. The first kappa shape index (κ1) is 26.0. The number of H-pyrrole nitrogens is 1. The van der Waals surface area contributed by atoms with Crippen LogP contribution >= 0.6 is 0 Å². The van der Waals surface area contributed by atoms with E-state index in [1.807, 2.05) is 24.3 Å². The molecule has 0 aliphatic rings. The Hall–Kier alpha value is -4.05. The molecule has 0 aliphatic carbocycles. The third kappa shape index (κ3) is 5.86. The van der Waals surface area contributed by atoms with Gasteiger partial charge in [0.05, 0.1) is 24.8 Å². The molecule has 6 nitrogen and oxygen atoms in total. The van der Waals surface area contributed by atoms with Gasteiger partial charge < -0.3 is 24.9 Å². The zero-order valence-corrected chi connectivity index (χ0v) is 19.9. The Bertz CT molecular complexity index is 1430. The van der Waals surface area contributed by atoms with E-state index in [1.165, 1.54) is 25.3 Å². The Balaban J connectivity index is 1.71. The molecule has 0 aliphatic heterocycles. The summed E-state index contributed by atoms with van der Waals surface area (Å²) in [5.74, 6) is -1.98. The van der Waals surface area contributed by atoms with Crippen LogP contribution in [-0.4, -0.2) is 41.6 Å². The number of carbonyl (C=O) groups is 1. The largest absolute Gasteiger partial charge is 0.573 e. The maximum atomic E-state index is 14.0. The number of aliphatic hydroxyl groups excluding tert-OH is 1. The molecule has 3 N–H and O–H groups in total. The van der Waals surface area contributed by atoms with Gasteiger partial charge in [0.1, 0.15) is 17.3 Å². The van der Waals surface area contributed by atoms with Crippen LogP contribution < -0.4 is 14.8 Å². The highest BCUT2D eigenvalue weighted by molar-refractivity contribution is 5.99. The van der Waals surface area contributed by atoms with E-state index in [1.54, 1.807) is 13.1 Å². The summed E-state index contributed by atoms with van der Waals surface area (Å²) in [6.07, 6.45) is -3.12. The van der Waals surface area contributed by atoms with Gasteiger partial charge in [0.15, 0.2) is 0 Å². The molecule has 1 heterocycles. The lowest BCUT2D eigenvalue weighted by Gasteiger charge is -2.29. The van der Waals surface area contributed by atoms with Gasteiger partial charge in [0.25, 0.3) is 5.91 Å². The van der Waals surface area contributed by atoms with Crippen molar-refractivity contribution >= 4 is 16.8 Å². The van der Waals surface area contributed by atoms with Crippen molar-refractivity contribution in [2.45, 2.75) is 25.2 Å². The molecular formula is C27H24F4N2O4. The number of nitrogens with one attached hydrogen (secondary N) is 2. The minimum atomic E-state index is -5.06. The molecule has 10 heteroatoms. The topological polar surface area (TPSA) is 83.6 Å². The molecule has 1 atom stereocenters. The number of rotatable bonds is 8. The number of amides is 1. The van der Waals surface area contributed by atoms with Crippen LogP contribution in [0.4, 0.5) is 17.6 Å². The monoisotopic (exact) mass is 516 g/mol. The number of halogens is 4. The van der Waals surface area contributed by atoms with Crippen LogP contribution in [0.15, 0.2) is 66.9 Å². The van der Waals surface area contributed by atoms with Crippen molar-refractivity contribution in [1.29, 1.82) is 0 Å². The van der Waals surface area contributed by atoms with Crippen molar-refractivity contribution in [3.63, 3.8) is 0 Å². The average Bonchev–Trinajstić information content (AvgIpc) is 3.25. The maximum Gasteiger partial charge on any atom is 0.573 e. The predicted molar refractivity (Wildman–Crippen MR) is 130 cm³/mol. The molecule has 0 fully saturated rings. The Labute approximate surface area is 209 Å². The number of aliphatic hydroxyl groups is 1. The molecule has 0 spiro atoms. The lowest BCUT2D eigenvalue weighted by atomic mass is 9.92. The average molecular weight is 516 g/mol. The molecule has 0 bridgehead atoms. The van der Waals surface area contributed by atoms with Crippen LogP contribution in [0.3, 0.4) is 0 Å². The summed E-state index contributed by atoms with van der Waals surface area (Å²) in [5.41, 5.74) is 0.459. The van der Waals surface area contributed by atoms with E-state index in [0.29, 0.717) is 0 Å². The third-order valence-electron chi connectivity index (χ3n) is 5.94. The lowest BCUT2D eigenvalue weighted by molar-refractivity contribution is -0.274. The number of hydrogen-bond donors (Lipinski definition) is 3. The summed E-state index contributed by atoms with van der Waals surface area (Å²) in [6.45, 7) is 1.08. The Morgan fingerprint density at radius 3 is 2.49 bits per heavy atom. The second-order valence-corrected chi connectivity index (χ2v) is 8.81. The van der Waals surface area contributed by atoms with Gasteiger partial charge in [-0.05, 0) is 60.9 Å². The van der Waals surface area contributed by atoms with Crippen molar-refractivity contribution < 1.29 is 36.9 Å². The molecular weight excluding hydrogens is 492 g/mol. The van der Waals surface area contributed by atoms with Crippen LogP contribution in [0.2, 0.25) is 0 Å². The third-order valence-corrected chi connectivity index (χ3v) is 5.94. The van der Waals surface area contributed by atoms with Crippen LogP contribution in [0.1, 0.15) is 22.8 Å². The Morgan fingerprint density at radius 1 is 1.05 bits per heavy atom. The summed E-state index contributed by atoms with van der Waals surface area (Å²) in [4.78, 5) is 16.5. The lowest BCUT2D eigenvalue weighted by Crippen LogP contribution is -2.50. The number of hydrogen-bond acceptors (Lipinski definition) is 4. The van der Waals surface area contributed by atoms with E-state index >= 15 is 0 Å². The predicted octanol–water partition coefficient (Wildman–Crippen LogP) is 5.60. The van der Waals surface area contributed by atoms with E-state index < -0.39 is 41.5 Å². The SMILES string of the molecule is COc1ccc(F)cc1-c1ccc(OC(F)(F)F)c(C(=O)NC(C)(CO)Cc2c[nH]c3ccccc23)c1. The fourth-order valence-electron chi connectivity index (χ4n) is 4.17. The van der Waals surface area contributed by atoms with Gasteiger partial charge in [-0.1, -0.05) is 24.3 Å². The van der Waals surface area contributed by atoms with Crippen molar-refractivity contribution in [1.82, 2.24) is 10.3 Å². The highest BCUT2D eigenvalue weighted by atomic mass is 19.4. The number of benzene rings is 3. The van der Waals surface area contributed by atoms with Gasteiger partial charge >= 0.3 is 6.36 Å². The molecule has 0 radical (unpaired) electrons. The van der Waals surface area contributed by atoms with E-state index in [0.717, 1.165) is 34.7 Å². The van der Waals surface area contributed by atoms with Gasteiger partial charge in [-0.2, -0.15) is 0 Å². The summed E-state index contributed by atoms with van der Waals surface area (Å²) < 4.78 is 62.6. The summed E-state index contributed by atoms with van der Waals surface area (Å²) >= 11 is 0. The smallest absolute Gasteiger partial charge is 0.496 e. The minimum Gasteiger partial charge on any atom is -0.496 e. The van der Waals surface area contributed by atoms with Crippen LogP contribution in [-0.2, 0) is 6.42 Å². The first-order valence-electron chi connectivity index (χ1n) is 11.2. The van der Waals surface area contributed by atoms with Gasteiger partial charge in [-0.15, -0.1) is 13.2 Å². The zero-order valence-electron chi connectivity index (χ0n) is 19.9. The first-order valence-corrected chi connectivity index (χ1v) is 11.2. The number of aromatic nitrogens is 1. The number of fused-ring (bicyclic) bond motifs is 1. The zero-order chi connectivity index (χ0) is 26.8. The molecule has 0 saturated carbocycles. The van der Waals surface area contributed by atoms with Gasteiger partial charge in [-0.3, -0.25) is 4.79 Å². The number of ether oxygens (including phenoxy) is 2. The number of para-hydroxylation sites is 1. The van der Waals surface area contributed by atoms with Crippen molar-refractivity contribution in [2.75, 3.05) is 13.7 Å². The van der Waals surface area contributed by atoms with Gasteiger partial charge in [0, 0.05) is 22.7 Å². The van der Waals surface area contributed by atoms with Crippen molar-refractivity contribution in [3.8, 4) is 22.6 Å². The van der Waals surface area contributed by atoms with Crippen molar-refractivity contribution in [2.24, 2.45) is 0 Å². The van der Waals surface area contributed by atoms with E-state index in [4.69, 9.17) is 4.74 Å². The summed E-state index contributed by atoms with van der Waals surface area (Å²) in [7, 11) is 1.36. The van der Waals surface area contributed by atoms with Crippen LogP contribution in [0.25, 0.3) is 22.0 Å². The normalized spacial score (nSPS) is 13.3. The fourth-order valence-corrected chi connectivity index (χ4v) is 4.17. The fraction of sp³-hybridized carbons (Fsp3) is 0.222. The standard InChI is InChI=1S/C27H24F4N2O4/c1-26(15-34,13-17-14-32-22-6-4-3-5-19(17)22)33-25(35)21-11-16(7-9-24(21)37-27(29,30)31)20-12-18(28)8-10-23(20)36-2/h3-12,14,32,34H,13,15H2,1-2H3,(H,33,35). The molecule has 1 amide bonds. The van der Waals surface area contributed by atoms with Gasteiger partial charge in [-0.25, -0.2) is 4.39 Å². The number of aromatic amines is 1. The molecule has 37 heavy (non-hydrogen) atoms. The van der Waals surface area contributed by atoms with Crippen molar-refractivity contribution in [3.05, 3.63) is 83.8 Å². The Morgan fingerprint density at radius 2 is 1.78 bits per heavy atom. The van der Waals surface area contributed by atoms with E-state index in [2.05, 4.69) is 15.0 Å². The van der Waals surface area contributed by atoms with Gasteiger partial charge in [0.2, 0.25) is 0 Å². The van der Waals surface area contributed by atoms with Crippen LogP contribution in [0.5, 0.6) is 11.5 Å². The molecule has 3 aromatic carbocycles. The highest BCUT2D eigenvalue weighted by Gasteiger charge is 2.35. The molecule has 1 aromatic heterocycles. The van der Waals surface area contributed by atoms with Crippen LogP contribution in [0, 0.1) is 5.82 Å². The molecule has 194 valence electrons. The summed E-state index contributed by atoms with van der Waals surface area (Å²) in [6, 6.07) is 14.6. The Kier molecular flexibility index (Phi) is 7.13. The number of alkyl halides is 3. The number of carbonyl (C=O) groups excluding carboxylic acids is 1. The highest BCUT2D eigenvalue weighted by Crippen LogP contribution is 2.35. The second-order valence-electron chi connectivity index (χ2n) is 8.81. The second kappa shape index (κ2) is 10.1. The minimum absolute atomic E-state index is 0.187. The molecule has 1 unspecified atom stereocenters. The van der Waals surface area contributed by atoms with E-state index in [9.17, 15) is 27.5 Å². The summed E-state index contributed by atoms with van der Waals surface area (Å²) in [5, 5.41) is 13.7. The van der Waals surface area contributed by atoms with E-state index in [-0.39, 0.29) is 23.3 Å². The first-order chi connectivity index (χ1) is 17.5. The molecule has 4 aromatic rings. The quantitative estimate of drug-likeness (QED) is 0.266. The molecule has 4 rings (SSSR count). The maximum absolute atomic E-state index is 14.0. The molecule has 0 saturated heterocycles.